The third-order valence-electron chi connectivity index (χ3n) is 3.48. The number of benzene rings is 1. The van der Waals surface area contributed by atoms with Gasteiger partial charge in [-0.15, -0.1) is 11.6 Å². The van der Waals surface area contributed by atoms with Crippen LogP contribution in [0.1, 0.15) is 44.6 Å². The van der Waals surface area contributed by atoms with Crippen LogP contribution in [0.3, 0.4) is 0 Å². The molecule has 1 aromatic carbocycles. The summed E-state index contributed by atoms with van der Waals surface area (Å²) in [5.41, 5.74) is 0.781. The van der Waals surface area contributed by atoms with Crippen LogP contribution in [0.15, 0.2) is 30.3 Å². The normalized spacial score (nSPS) is 14.5. The number of halogens is 1. The van der Waals surface area contributed by atoms with Crippen LogP contribution in [0, 0.1) is 0 Å². The van der Waals surface area contributed by atoms with Gasteiger partial charge >= 0.3 is 11.9 Å². The van der Waals surface area contributed by atoms with Gasteiger partial charge in [0, 0.05) is 0 Å². The molecule has 134 valence electrons. The van der Waals surface area contributed by atoms with Crippen molar-refractivity contribution < 1.29 is 19.1 Å². The molecule has 0 saturated heterocycles. The van der Waals surface area contributed by atoms with E-state index in [0.29, 0.717) is 6.42 Å². The molecule has 24 heavy (non-hydrogen) atoms. The van der Waals surface area contributed by atoms with Crippen molar-refractivity contribution in [3.05, 3.63) is 35.9 Å². The Bertz CT molecular complexity index is 509. The molecule has 0 aromatic heterocycles. The largest absolute Gasteiger partial charge is 0.465 e. The molecule has 0 saturated carbocycles. The molecule has 0 fully saturated rings. The molecule has 0 heterocycles. The topological polar surface area (TPSA) is 64.6 Å². The third-order valence-corrected chi connectivity index (χ3v) is 3.98. The minimum atomic E-state index is -0.838. The van der Waals surface area contributed by atoms with Crippen molar-refractivity contribution in [3.63, 3.8) is 0 Å². The quantitative estimate of drug-likeness (QED) is 0.515. The molecule has 1 N–H and O–H groups in total. The van der Waals surface area contributed by atoms with Gasteiger partial charge in [-0.3, -0.25) is 14.9 Å². The predicted molar refractivity (Wildman–Crippen MR) is 93.9 cm³/mol. The fourth-order valence-corrected chi connectivity index (χ4v) is 2.67. The van der Waals surface area contributed by atoms with Gasteiger partial charge in [-0.05, 0) is 25.8 Å². The second-order valence-corrected chi connectivity index (χ2v) is 5.77. The molecule has 6 heteroatoms. The van der Waals surface area contributed by atoms with Gasteiger partial charge in [-0.25, -0.2) is 0 Å². The zero-order chi connectivity index (χ0) is 17.9. The van der Waals surface area contributed by atoms with Gasteiger partial charge < -0.3 is 9.47 Å². The molecule has 0 aliphatic heterocycles. The summed E-state index contributed by atoms with van der Waals surface area (Å²) in [4.78, 5) is 24.5. The van der Waals surface area contributed by atoms with Crippen LogP contribution < -0.4 is 5.32 Å². The summed E-state index contributed by atoms with van der Waals surface area (Å²) in [6.45, 7) is 5.97. The van der Waals surface area contributed by atoms with Crippen molar-refractivity contribution in [2.24, 2.45) is 0 Å². The maximum absolute atomic E-state index is 12.4. The summed E-state index contributed by atoms with van der Waals surface area (Å²) in [7, 11) is 0. The van der Waals surface area contributed by atoms with E-state index >= 15 is 0 Å². The van der Waals surface area contributed by atoms with Crippen LogP contribution in [0.5, 0.6) is 0 Å². The summed E-state index contributed by atoms with van der Waals surface area (Å²) in [5.74, 6) is -0.864. The fourth-order valence-electron chi connectivity index (χ4n) is 2.35. The Morgan fingerprint density at radius 2 is 1.62 bits per heavy atom. The molecule has 1 unspecified atom stereocenters. The molecular weight excluding hydrogens is 330 g/mol. The SMILES string of the molecule is CCCC(N[C@H](C(=O)OCC)[C@@H](Cl)c1ccccc1)C(=O)OCC. The average molecular weight is 356 g/mol. The van der Waals surface area contributed by atoms with E-state index in [2.05, 4.69) is 5.32 Å². The summed E-state index contributed by atoms with van der Waals surface area (Å²) in [6.07, 6.45) is 1.32. The number of nitrogens with one attached hydrogen (secondary N) is 1. The second kappa shape index (κ2) is 11.0. The monoisotopic (exact) mass is 355 g/mol. The maximum atomic E-state index is 12.4. The lowest BCUT2D eigenvalue weighted by Gasteiger charge is -2.26. The Balaban J connectivity index is 2.99. The number of carbonyl (C=O) groups excluding carboxylic acids is 2. The molecule has 5 nitrogen and oxygen atoms in total. The van der Waals surface area contributed by atoms with E-state index in [1.54, 1.807) is 13.8 Å². The predicted octanol–water partition coefficient (Wildman–Crippen LogP) is 3.22. The maximum Gasteiger partial charge on any atom is 0.325 e. The average Bonchev–Trinajstić information content (AvgIpc) is 2.59. The summed E-state index contributed by atoms with van der Waals surface area (Å²) >= 11 is 6.51. The van der Waals surface area contributed by atoms with Crippen molar-refractivity contribution in [1.29, 1.82) is 0 Å². The molecule has 0 amide bonds. The van der Waals surface area contributed by atoms with Crippen molar-refractivity contribution in [3.8, 4) is 0 Å². The van der Waals surface area contributed by atoms with Crippen molar-refractivity contribution in [2.45, 2.75) is 51.1 Å². The van der Waals surface area contributed by atoms with Crippen LogP contribution in [0.25, 0.3) is 0 Å². The number of hydrogen-bond donors (Lipinski definition) is 1. The minimum absolute atomic E-state index is 0.243. The van der Waals surface area contributed by atoms with Gasteiger partial charge in [-0.2, -0.15) is 0 Å². The van der Waals surface area contributed by atoms with Crippen LogP contribution >= 0.6 is 11.6 Å². The molecule has 0 radical (unpaired) electrons. The zero-order valence-electron chi connectivity index (χ0n) is 14.5. The summed E-state index contributed by atoms with van der Waals surface area (Å²) < 4.78 is 10.2. The number of rotatable bonds is 10. The van der Waals surface area contributed by atoms with Crippen LogP contribution in [0.2, 0.25) is 0 Å². The number of carbonyl (C=O) groups is 2. The zero-order valence-corrected chi connectivity index (χ0v) is 15.2. The molecule has 1 aromatic rings. The minimum Gasteiger partial charge on any atom is -0.465 e. The Kier molecular flexibility index (Phi) is 9.42. The number of hydrogen-bond acceptors (Lipinski definition) is 5. The molecule has 0 aliphatic carbocycles. The highest BCUT2D eigenvalue weighted by atomic mass is 35.5. The van der Waals surface area contributed by atoms with Crippen molar-refractivity contribution >= 4 is 23.5 Å². The van der Waals surface area contributed by atoms with Gasteiger partial charge in [0.1, 0.15) is 12.1 Å². The van der Waals surface area contributed by atoms with E-state index in [9.17, 15) is 9.59 Å². The van der Waals surface area contributed by atoms with Crippen molar-refractivity contribution in [1.82, 2.24) is 5.32 Å². The fraction of sp³-hybridized carbons (Fsp3) is 0.556. The highest BCUT2D eigenvalue weighted by Gasteiger charge is 2.33. The second-order valence-electron chi connectivity index (χ2n) is 5.30. The van der Waals surface area contributed by atoms with E-state index in [0.717, 1.165) is 12.0 Å². The van der Waals surface area contributed by atoms with E-state index in [4.69, 9.17) is 21.1 Å². The van der Waals surface area contributed by atoms with E-state index < -0.39 is 23.4 Å². The third kappa shape index (κ3) is 6.13. The number of alkyl halides is 1. The van der Waals surface area contributed by atoms with Crippen LogP contribution in [-0.4, -0.2) is 37.2 Å². The molecular formula is C18H26ClNO4. The molecule has 0 bridgehead atoms. The highest BCUT2D eigenvalue weighted by molar-refractivity contribution is 6.22. The Labute approximate surface area is 148 Å². The van der Waals surface area contributed by atoms with E-state index in [1.165, 1.54) is 0 Å². The number of esters is 2. The Morgan fingerprint density at radius 1 is 1.04 bits per heavy atom. The molecule has 0 spiro atoms. The Morgan fingerprint density at radius 3 is 2.17 bits per heavy atom. The molecule has 3 atom stereocenters. The first-order valence-corrected chi connectivity index (χ1v) is 8.77. The lowest BCUT2D eigenvalue weighted by atomic mass is 10.0. The van der Waals surface area contributed by atoms with E-state index in [-0.39, 0.29) is 19.2 Å². The Hall–Kier alpha value is -1.59. The smallest absolute Gasteiger partial charge is 0.325 e. The lowest BCUT2D eigenvalue weighted by molar-refractivity contribution is -0.149. The summed E-state index contributed by atoms with van der Waals surface area (Å²) in [5, 5.41) is 2.39. The van der Waals surface area contributed by atoms with Crippen LogP contribution in [-0.2, 0) is 19.1 Å². The van der Waals surface area contributed by atoms with Gasteiger partial charge in [0.25, 0.3) is 0 Å². The van der Waals surface area contributed by atoms with Gasteiger partial charge in [0.15, 0.2) is 0 Å². The first-order chi connectivity index (χ1) is 11.5. The molecule has 1 rings (SSSR count). The van der Waals surface area contributed by atoms with Gasteiger partial charge in [0.2, 0.25) is 0 Å². The highest BCUT2D eigenvalue weighted by Crippen LogP contribution is 2.26. The number of ether oxygens (including phenoxy) is 2. The standard InChI is InChI=1S/C18H26ClNO4/c1-4-10-14(17(21)23-5-2)20-16(18(22)24-6-3)15(19)13-11-8-7-9-12-13/h7-9,11-12,14-16,20H,4-6,10H2,1-3H3/t14?,15-,16-/m0/s1. The molecule has 0 aliphatic rings. The summed E-state index contributed by atoms with van der Waals surface area (Å²) in [6, 6.07) is 7.81. The van der Waals surface area contributed by atoms with E-state index in [1.807, 2.05) is 37.3 Å². The lowest BCUT2D eigenvalue weighted by Crippen LogP contribution is -2.50. The van der Waals surface area contributed by atoms with Crippen LogP contribution in [0.4, 0.5) is 0 Å². The van der Waals surface area contributed by atoms with Gasteiger partial charge in [0.05, 0.1) is 18.6 Å². The van der Waals surface area contributed by atoms with Gasteiger partial charge in [-0.1, -0.05) is 43.7 Å². The van der Waals surface area contributed by atoms with Crippen molar-refractivity contribution in [2.75, 3.05) is 13.2 Å². The first-order valence-electron chi connectivity index (χ1n) is 8.33. The first kappa shape index (κ1) is 20.5.